The summed E-state index contributed by atoms with van der Waals surface area (Å²) < 4.78 is 11.3. The number of ether oxygens (including phenoxy) is 1. The zero-order valence-electron chi connectivity index (χ0n) is 13.8. The maximum absolute atomic E-state index is 6.28. The summed E-state index contributed by atoms with van der Waals surface area (Å²) in [6.07, 6.45) is -0.338. The first-order valence-electron chi connectivity index (χ1n) is 8.19. The lowest BCUT2D eigenvalue weighted by atomic mass is 10.1. The van der Waals surface area contributed by atoms with Crippen LogP contribution in [0.25, 0.3) is 22.4 Å². The third-order valence-corrected chi connectivity index (χ3v) is 4.41. The average molecular weight is 366 g/mol. The smallest absolute Gasteiger partial charge is 0.281 e. The molecule has 130 valence electrons. The van der Waals surface area contributed by atoms with Crippen LogP contribution >= 0.6 is 11.6 Å². The number of aromatic nitrogens is 2. The van der Waals surface area contributed by atoms with Crippen LogP contribution in [0.15, 0.2) is 71.3 Å². The molecule has 0 spiro atoms. The summed E-state index contributed by atoms with van der Waals surface area (Å²) in [6, 6.07) is 20.9. The largest absolute Gasteiger partial charge is 0.464 e. The minimum absolute atomic E-state index is 0.308. The van der Waals surface area contributed by atoms with Gasteiger partial charge < -0.3 is 15.0 Å². The Hall–Kier alpha value is -2.89. The summed E-state index contributed by atoms with van der Waals surface area (Å²) >= 11 is 6.28. The molecule has 0 saturated carbocycles. The van der Waals surface area contributed by atoms with Crippen LogP contribution in [-0.2, 0) is 0 Å². The van der Waals surface area contributed by atoms with Crippen LogP contribution in [0.1, 0.15) is 11.7 Å². The molecule has 6 heteroatoms. The first kappa shape index (κ1) is 16.6. The zero-order chi connectivity index (χ0) is 17.9. The Morgan fingerprint density at radius 2 is 1.77 bits per heavy atom. The number of benzene rings is 2. The molecule has 2 aromatic heterocycles. The molecule has 2 aromatic carbocycles. The van der Waals surface area contributed by atoms with Crippen molar-refractivity contribution in [1.29, 1.82) is 0 Å². The number of fused-ring (bicyclic) bond motifs is 1. The number of hydrogen-bond donors (Lipinski definition) is 1. The minimum atomic E-state index is -0.338. The van der Waals surface area contributed by atoms with Gasteiger partial charge in [0.2, 0.25) is 0 Å². The van der Waals surface area contributed by atoms with Crippen molar-refractivity contribution in [2.24, 2.45) is 5.73 Å². The average Bonchev–Trinajstić information content (AvgIpc) is 3.09. The molecule has 0 bridgehead atoms. The molecule has 0 saturated heterocycles. The summed E-state index contributed by atoms with van der Waals surface area (Å²) in [6.45, 7) is 0.308. The zero-order valence-corrected chi connectivity index (χ0v) is 14.6. The molecule has 0 aliphatic rings. The summed E-state index contributed by atoms with van der Waals surface area (Å²) in [7, 11) is 0. The highest BCUT2D eigenvalue weighted by Gasteiger charge is 2.18. The Bertz CT molecular complexity index is 1030. The Morgan fingerprint density at radius 1 is 1.00 bits per heavy atom. The van der Waals surface area contributed by atoms with Crippen molar-refractivity contribution in [3.05, 3.63) is 77.3 Å². The monoisotopic (exact) mass is 365 g/mol. The van der Waals surface area contributed by atoms with Crippen LogP contribution < -0.4 is 10.5 Å². The molecule has 0 radical (unpaired) electrons. The maximum Gasteiger partial charge on any atom is 0.281 e. The van der Waals surface area contributed by atoms with E-state index in [1.54, 1.807) is 6.07 Å². The van der Waals surface area contributed by atoms with Gasteiger partial charge in [0.05, 0.1) is 5.69 Å². The molecule has 1 unspecified atom stereocenters. The number of halogens is 1. The van der Waals surface area contributed by atoms with Gasteiger partial charge >= 0.3 is 0 Å². The second-order valence-corrected chi connectivity index (χ2v) is 6.17. The highest BCUT2D eigenvalue weighted by atomic mass is 35.5. The summed E-state index contributed by atoms with van der Waals surface area (Å²) in [5, 5.41) is 4.64. The van der Waals surface area contributed by atoms with E-state index in [0.29, 0.717) is 28.5 Å². The molecule has 1 atom stereocenters. The van der Waals surface area contributed by atoms with E-state index >= 15 is 0 Å². The normalized spacial score (nSPS) is 12.2. The number of rotatable bonds is 5. The van der Waals surface area contributed by atoms with E-state index in [1.807, 2.05) is 60.7 Å². The molecule has 2 heterocycles. The van der Waals surface area contributed by atoms with Gasteiger partial charge in [0.25, 0.3) is 5.88 Å². The van der Waals surface area contributed by atoms with Gasteiger partial charge in [-0.15, -0.1) is 0 Å². The third-order valence-electron chi connectivity index (χ3n) is 4.08. The van der Waals surface area contributed by atoms with Gasteiger partial charge in [-0.2, -0.15) is 0 Å². The second-order valence-electron chi connectivity index (χ2n) is 5.76. The molecule has 4 aromatic rings. The minimum Gasteiger partial charge on any atom is -0.464 e. The van der Waals surface area contributed by atoms with E-state index in [2.05, 4.69) is 10.1 Å². The molecule has 0 aliphatic heterocycles. The Kier molecular flexibility index (Phi) is 4.56. The van der Waals surface area contributed by atoms with Gasteiger partial charge in [-0.25, -0.2) is 4.98 Å². The Labute approximate surface area is 155 Å². The number of nitrogens with zero attached hydrogens (tertiary/aromatic N) is 2. The quantitative estimate of drug-likeness (QED) is 0.558. The van der Waals surface area contributed by atoms with Crippen LogP contribution in [0.5, 0.6) is 5.88 Å². The fourth-order valence-corrected chi connectivity index (χ4v) is 2.99. The van der Waals surface area contributed by atoms with Crippen molar-refractivity contribution in [1.82, 2.24) is 10.1 Å². The lowest BCUT2D eigenvalue weighted by molar-refractivity contribution is 0.196. The van der Waals surface area contributed by atoms with Crippen molar-refractivity contribution in [3.63, 3.8) is 0 Å². The van der Waals surface area contributed by atoms with Crippen LogP contribution in [0.3, 0.4) is 0 Å². The number of hydrogen-bond acceptors (Lipinski definition) is 5. The Balaban J connectivity index is 1.72. The summed E-state index contributed by atoms with van der Waals surface area (Å²) in [5.41, 5.74) is 9.49. The van der Waals surface area contributed by atoms with E-state index in [9.17, 15) is 0 Å². The predicted molar refractivity (Wildman–Crippen MR) is 101 cm³/mol. The van der Waals surface area contributed by atoms with Gasteiger partial charge in [-0.1, -0.05) is 60.1 Å². The topological polar surface area (TPSA) is 74.2 Å². The van der Waals surface area contributed by atoms with Crippen molar-refractivity contribution >= 4 is 22.7 Å². The molecule has 5 nitrogen and oxygen atoms in total. The van der Waals surface area contributed by atoms with E-state index < -0.39 is 0 Å². The van der Waals surface area contributed by atoms with E-state index in [0.717, 1.165) is 16.8 Å². The fraction of sp³-hybridized carbons (Fsp3) is 0.100. The number of nitrogens with two attached hydrogens (primary N) is 1. The highest BCUT2D eigenvalue weighted by molar-refractivity contribution is 6.33. The lowest BCUT2D eigenvalue weighted by Crippen LogP contribution is -2.18. The highest BCUT2D eigenvalue weighted by Crippen LogP contribution is 2.32. The molecule has 2 N–H and O–H groups in total. The van der Waals surface area contributed by atoms with Crippen LogP contribution in [0.4, 0.5) is 0 Å². The van der Waals surface area contributed by atoms with Crippen molar-refractivity contribution in [2.75, 3.05) is 6.54 Å². The van der Waals surface area contributed by atoms with E-state index in [-0.39, 0.29) is 6.10 Å². The van der Waals surface area contributed by atoms with Crippen molar-refractivity contribution < 1.29 is 9.26 Å². The van der Waals surface area contributed by atoms with Gasteiger partial charge in [-0.3, -0.25) is 0 Å². The predicted octanol–water partition coefficient (Wildman–Crippen LogP) is 4.62. The van der Waals surface area contributed by atoms with E-state index in [4.69, 9.17) is 26.6 Å². The fourth-order valence-electron chi connectivity index (χ4n) is 2.76. The SMILES string of the molecule is NCC(Oc1noc2ccc(-c3ccccc3Cl)nc12)c1ccccc1. The molecule has 0 amide bonds. The second kappa shape index (κ2) is 7.15. The van der Waals surface area contributed by atoms with Gasteiger partial charge in [0.1, 0.15) is 6.10 Å². The van der Waals surface area contributed by atoms with Crippen molar-refractivity contribution in [2.45, 2.75) is 6.10 Å². The van der Waals surface area contributed by atoms with Crippen LogP contribution in [-0.4, -0.2) is 16.7 Å². The molecule has 26 heavy (non-hydrogen) atoms. The van der Waals surface area contributed by atoms with Crippen LogP contribution in [0, 0.1) is 0 Å². The lowest BCUT2D eigenvalue weighted by Gasteiger charge is -2.15. The number of pyridine rings is 1. The summed E-state index contributed by atoms with van der Waals surface area (Å²) in [5.74, 6) is 0.313. The molecular weight excluding hydrogens is 350 g/mol. The first-order valence-corrected chi connectivity index (χ1v) is 8.57. The molecule has 0 fully saturated rings. The van der Waals surface area contributed by atoms with Gasteiger partial charge in [0, 0.05) is 17.1 Å². The Morgan fingerprint density at radius 3 is 2.54 bits per heavy atom. The van der Waals surface area contributed by atoms with E-state index in [1.165, 1.54) is 0 Å². The summed E-state index contributed by atoms with van der Waals surface area (Å²) in [4.78, 5) is 4.64. The first-order chi connectivity index (χ1) is 12.8. The third kappa shape index (κ3) is 3.14. The standard InChI is InChI=1S/C20H16ClN3O2/c21-15-9-5-4-8-14(15)16-10-11-17-19(23-16)20(24-26-17)25-18(12-22)13-6-2-1-3-7-13/h1-11,18H,12,22H2. The van der Waals surface area contributed by atoms with Crippen LogP contribution in [0.2, 0.25) is 5.02 Å². The molecular formula is C20H16ClN3O2. The van der Waals surface area contributed by atoms with Gasteiger partial charge in [0.15, 0.2) is 11.1 Å². The van der Waals surface area contributed by atoms with Crippen molar-refractivity contribution in [3.8, 4) is 17.1 Å². The molecule has 0 aliphatic carbocycles. The maximum atomic E-state index is 6.28. The molecule has 4 rings (SSSR count). The van der Waals surface area contributed by atoms with Gasteiger partial charge in [-0.05, 0) is 28.9 Å².